The highest BCUT2D eigenvalue weighted by Gasteiger charge is 2.25. The van der Waals surface area contributed by atoms with E-state index in [-0.39, 0.29) is 6.04 Å². The van der Waals surface area contributed by atoms with Crippen LogP contribution < -0.4 is 5.32 Å². The van der Waals surface area contributed by atoms with Crippen molar-refractivity contribution in [2.75, 3.05) is 6.54 Å². The summed E-state index contributed by atoms with van der Waals surface area (Å²) in [7, 11) is 0. The summed E-state index contributed by atoms with van der Waals surface area (Å²) in [6.07, 6.45) is 1.05. The first-order valence-corrected chi connectivity index (χ1v) is 8.04. The fraction of sp³-hybridized carbons (Fsp3) is 0.467. The smallest absolute Gasteiger partial charge is 0.248 e. The first-order chi connectivity index (χ1) is 9.74. The van der Waals surface area contributed by atoms with Gasteiger partial charge in [0.1, 0.15) is 6.04 Å². The maximum atomic E-state index is 5.46. The quantitative estimate of drug-likeness (QED) is 0.938. The van der Waals surface area contributed by atoms with Gasteiger partial charge in [0.15, 0.2) is 5.82 Å². The zero-order valence-corrected chi connectivity index (χ0v) is 12.6. The van der Waals surface area contributed by atoms with Crippen molar-refractivity contribution in [3.05, 3.63) is 47.1 Å². The van der Waals surface area contributed by atoms with Crippen LogP contribution in [0.2, 0.25) is 0 Å². The van der Waals surface area contributed by atoms with Gasteiger partial charge in [0.2, 0.25) is 5.89 Å². The molecular weight excluding hydrogens is 270 g/mol. The highest BCUT2D eigenvalue weighted by Crippen LogP contribution is 2.28. The molecule has 1 N–H and O–H groups in total. The fourth-order valence-corrected chi connectivity index (χ4v) is 3.01. The Balaban J connectivity index is 1.80. The molecule has 2 heterocycles. The maximum absolute atomic E-state index is 5.46. The monoisotopic (exact) mass is 289 g/mol. The number of hydrogen-bond donors (Lipinski definition) is 1. The zero-order valence-electron chi connectivity index (χ0n) is 11.8. The minimum Gasteiger partial charge on any atom is -0.337 e. The summed E-state index contributed by atoms with van der Waals surface area (Å²) in [5.74, 6) is 2.26. The molecule has 1 aliphatic rings. The van der Waals surface area contributed by atoms with Crippen molar-refractivity contribution in [3.8, 4) is 0 Å². The summed E-state index contributed by atoms with van der Waals surface area (Å²) in [5, 5.41) is 8.13. The number of rotatable bonds is 4. The molecule has 0 saturated heterocycles. The number of nitrogens with one attached hydrogen (secondary N) is 1. The van der Waals surface area contributed by atoms with Crippen LogP contribution in [0.4, 0.5) is 0 Å². The lowest BCUT2D eigenvalue weighted by atomic mass is 9.94. The highest BCUT2D eigenvalue weighted by atomic mass is 32.2. The molecule has 0 aliphatic carbocycles. The second-order valence-corrected chi connectivity index (χ2v) is 6.81. The summed E-state index contributed by atoms with van der Waals surface area (Å²) in [4.78, 5) is 4.54. The van der Waals surface area contributed by atoms with Crippen LogP contribution in [0.5, 0.6) is 0 Å². The van der Waals surface area contributed by atoms with E-state index in [9.17, 15) is 0 Å². The van der Waals surface area contributed by atoms with Gasteiger partial charge in [0.25, 0.3) is 0 Å². The molecule has 0 radical (unpaired) electrons. The van der Waals surface area contributed by atoms with Crippen molar-refractivity contribution >= 4 is 11.8 Å². The molecule has 4 nitrogen and oxygen atoms in total. The summed E-state index contributed by atoms with van der Waals surface area (Å²) < 4.78 is 5.46. The van der Waals surface area contributed by atoms with Crippen molar-refractivity contribution in [2.45, 2.75) is 37.3 Å². The SMILES string of the molecule is CC(C)SCc1noc(C2NCCc3ccccc32)n1. The summed E-state index contributed by atoms with van der Waals surface area (Å²) in [6.45, 7) is 5.29. The Kier molecular flexibility index (Phi) is 4.08. The number of thioether (sulfide) groups is 1. The third-order valence-corrected chi connectivity index (χ3v) is 4.48. The molecule has 0 bridgehead atoms. The predicted molar refractivity (Wildman–Crippen MR) is 80.7 cm³/mol. The molecule has 20 heavy (non-hydrogen) atoms. The molecule has 0 fully saturated rings. The summed E-state index contributed by atoms with van der Waals surface area (Å²) >= 11 is 1.82. The third-order valence-electron chi connectivity index (χ3n) is 3.39. The zero-order chi connectivity index (χ0) is 13.9. The largest absolute Gasteiger partial charge is 0.337 e. The van der Waals surface area contributed by atoms with Crippen molar-refractivity contribution < 1.29 is 4.52 Å². The van der Waals surface area contributed by atoms with E-state index >= 15 is 0 Å². The molecule has 1 aromatic carbocycles. The van der Waals surface area contributed by atoms with Crippen molar-refractivity contribution in [3.63, 3.8) is 0 Å². The molecule has 1 unspecified atom stereocenters. The van der Waals surface area contributed by atoms with E-state index in [1.54, 1.807) is 0 Å². The Morgan fingerprint density at radius 1 is 1.40 bits per heavy atom. The standard InChI is InChI=1S/C15H19N3OS/c1-10(2)20-9-13-17-15(19-18-13)14-12-6-4-3-5-11(12)7-8-16-14/h3-6,10,14,16H,7-9H2,1-2H3. The number of fused-ring (bicyclic) bond motifs is 1. The van der Waals surface area contributed by atoms with Gasteiger partial charge in [-0.25, -0.2) is 0 Å². The molecule has 1 aliphatic heterocycles. The van der Waals surface area contributed by atoms with E-state index in [0.717, 1.165) is 24.5 Å². The summed E-state index contributed by atoms with van der Waals surface area (Å²) in [5.41, 5.74) is 2.62. The van der Waals surface area contributed by atoms with Gasteiger partial charge in [0, 0.05) is 6.54 Å². The minimum atomic E-state index is 0.0326. The van der Waals surface area contributed by atoms with Crippen LogP contribution in [0, 0.1) is 0 Å². The van der Waals surface area contributed by atoms with E-state index in [1.165, 1.54) is 11.1 Å². The van der Waals surface area contributed by atoms with E-state index in [2.05, 4.69) is 53.6 Å². The van der Waals surface area contributed by atoms with Gasteiger partial charge in [-0.2, -0.15) is 16.7 Å². The number of nitrogens with zero attached hydrogens (tertiary/aromatic N) is 2. The maximum Gasteiger partial charge on any atom is 0.248 e. The molecule has 3 rings (SSSR count). The van der Waals surface area contributed by atoms with E-state index in [4.69, 9.17) is 4.52 Å². The summed E-state index contributed by atoms with van der Waals surface area (Å²) in [6, 6.07) is 8.49. The number of benzene rings is 1. The Labute approximate surface area is 123 Å². The van der Waals surface area contributed by atoms with Gasteiger partial charge in [-0.1, -0.05) is 43.3 Å². The van der Waals surface area contributed by atoms with Crippen molar-refractivity contribution in [2.24, 2.45) is 0 Å². The Hall–Kier alpha value is -1.33. The van der Waals surface area contributed by atoms with E-state index < -0.39 is 0 Å². The van der Waals surface area contributed by atoms with Gasteiger partial charge in [-0.3, -0.25) is 0 Å². The molecule has 0 amide bonds. The Bertz CT molecular complexity index is 582. The van der Waals surface area contributed by atoms with Crippen LogP contribution in [0.15, 0.2) is 28.8 Å². The lowest BCUT2D eigenvalue weighted by Crippen LogP contribution is -2.30. The highest BCUT2D eigenvalue weighted by molar-refractivity contribution is 7.99. The molecule has 0 saturated carbocycles. The lowest BCUT2D eigenvalue weighted by molar-refractivity contribution is 0.341. The van der Waals surface area contributed by atoms with Gasteiger partial charge in [0.05, 0.1) is 5.75 Å². The van der Waals surface area contributed by atoms with Crippen LogP contribution in [0.3, 0.4) is 0 Å². The topological polar surface area (TPSA) is 51.0 Å². The molecular formula is C15H19N3OS. The number of aromatic nitrogens is 2. The average Bonchev–Trinajstić information content (AvgIpc) is 2.93. The average molecular weight is 289 g/mol. The first kappa shape index (κ1) is 13.6. The van der Waals surface area contributed by atoms with Gasteiger partial charge >= 0.3 is 0 Å². The first-order valence-electron chi connectivity index (χ1n) is 6.99. The van der Waals surface area contributed by atoms with E-state index in [0.29, 0.717) is 11.1 Å². The third kappa shape index (κ3) is 2.88. The van der Waals surface area contributed by atoms with Gasteiger partial charge in [-0.05, 0) is 22.8 Å². The molecule has 106 valence electrons. The second-order valence-electron chi connectivity index (χ2n) is 5.24. The molecule has 2 aromatic rings. The van der Waals surface area contributed by atoms with E-state index in [1.807, 2.05) is 11.8 Å². The van der Waals surface area contributed by atoms with Gasteiger partial charge in [-0.15, -0.1) is 0 Å². The number of hydrogen-bond acceptors (Lipinski definition) is 5. The predicted octanol–water partition coefficient (Wildman–Crippen LogP) is 2.95. The van der Waals surface area contributed by atoms with Crippen molar-refractivity contribution in [1.82, 2.24) is 15.5 Å². The normalized spacial score (nSPS) is 18.2. The minimum absolute atomic E-state index is 0.0326. The van der Waals surface area contributed by atoms with Crippen LogP contribution in [0.1, 0.15) is 42.7 Å². The molecule has 1 aromatic heterocycles. The molecule has 1 atom stereocenters. The Morgan fingerprint density at radius 2 is 2.25 bits per heavy atom. The molecule has 5 heteroatoms. The fourth-order valence-electron chi connectivity index (χ4n) is 2.41. The van der Waals surface area contributed by atoms with Crippen LogP contribution in [-0.4, -0.2) is 21.9 Å². The second kappa shape index (κ2) is 5.97. The Morgan fingerprint density at radius 3 is 3.10 bits per heavy atom. The van der Waals surface area contributed by atoms with Crippen LogP contribution >= 0.6 is 11.8 Å². The van der Waals surface area contributed by atoms with Crippen LogP contribution in [-0.2, 0) is 12.2 Å². The molecule has 0 spiro atoms. The lowest BCUT2D eigenvalue weighted by Gasteiger charge is -2.23. The van der Waals surface area contributed by atoms with Crippen molar-refractivity contribution in [1.29, 1.82) is 0 Å². The van der Waals surface area contributed by atoms with Crippen LogP contribution in [0.25, 0.3) is 0 Å². The van der Waals surface area contributed by atoms with Gasteiger partial charge < -0.3 is 9.84 Å².